The molecule has 1 fully saturated rings. The lowest BCUT2D eigenvalue weighted by Crippen LogP contribution is -2.46. The maximum absolute atomic E-state index is 11.4. The fraction of sp³-hybridized carbons (Fsp3) is 0.333. The zero-order valence-corrected chi connectivity index (χ0v) is 16.6. The Kier molecular flexibility index (Phi) is 8.92. The van der Waals surface area contributed by atoms with E-state index in [0.717, 1.165) is 16.8 Å². The second-order valence-electron chi connectivity index (χ2n) is 6.86. The smallest absolute Gasteiger partial charge is 0.341 e. The van der Waals surface area contributed by atoms with Crippen LogP contribution < -0.4 is 4.74 Å². The van der Waals surface area contributed by atoms with Gasteiger partial charge in [0.15, 0.2) is 6.61 Å². The van der Waals surface area contributed by atoms with E-state index in [4.69, 9.17) is 19.7 Å². The number of nitrogens with zero attached hydrogens (tertiary/aromatic N) is 2. The molecule has 0 radical (unpaired) electrons. The fourth-order valence-electron chi connectivity index (χ4n) is 3.31. The van der Waals surface area contributed by atoms with Gasteiger partial charge < -0.3 is 25.2 Å². The molecular weight excluding hydrogens is 408 g/mol. The topological polar surface area (TPSA) is 157 Å². The molecule has 0 saturated carbocycles. The highest BCUT2D eigenvalue weighted by atomic mass is 16.5. The van der Waals surface area contributed by atoms with E-state index in [2.05, 4.69) is 4.98 Å². The normalized spacial score (nSPS) is 18.4. The van der Waals surface area contributed by atoms with Crippen molar-refractivity contribution in [3.63, 3.8) is 0 Å². The van der Waals surface area contributed by atoms with Crippen molar-refractivity contribution < 1.29 is 39.5 Å². The molecule has 2 aromatic rings. The van der Waals surface area contributed by atoms with Gasteiger partial charge in [-0.3, -0.25) is 19.5 Å². The van der Waals surface area contributed by atoms with Crippen molar-refractivity contribution in [3.05, 3.63) is 48.2 Å². The number of piperidine rings is 1. The summed E-state index contributed by atoms with van der Waals surface area (Å²) in [6.45, 7) is 0.415. The zero-order valence-electron chi connectivity index (χ0n) is 16.6. The van der Waals surface area contributed by atoms with E-state index >= 15 is 0 Å². The summed E-state index contributed by atoms with van der Waals surface area (Å²) in [6, 6.07) is 11.0. The average Bonchev–Trinajstić information content (AvgIpc) is 2.75. The molecule has 0 amide bonds. The second kappa shape index (κ2) is 11.6. The highest BCUT2D eigenvalue weighted by molar-refractivity contribution is 5.71. The molecule has 0 bridgehead atoms. The molecule has 0 aliphatic carbocycles. The van der Waals surface area contributed by atoms with Gasteiger partial charge >= 0.3 is 11.9 Å². The molecule has 2 heterocycles. The molecule has 0 unspecified atom stereocenters. The number of aliphatic hydroxyl groups excluding tert-OH is 1. The third-order valence-corrected chi connectivity index (χ3v) is 4.74. The molecule has 1 saturated heterocycles. The van der Waals surface area contributed by atoms with Gasteiger partial charge in [0, 0.05) is 37.0 Å². The first-order chi connectivity index (χ1) is 14.8. The Balaban J connectivity index is 0.00000107. The Hall–Kier alpha value is -3.50. The highest BCUT2D eigenvalue weighted by Crippen LogP contribution is 2.28. The van der Waals surface area contributed by atoms with Crippen molar-refractivity contribution >= 4 is 18.4 Å². The van der Waals surface area contributed by atoms with E-state index in [1.54, 1.807) is 12.3 Å². The van der Waals surface area contributed by atoms with Gasteiger partial charge in [0.25, 0.3) is 6.47 Å². The number of pyridine rings is 1. The van der Waals surface area contributed by atoms with Crippen LogP contribution >= 0.6 is 0 Å². The van der Waals surface area contributed by atoms with Gasteiger partial charge in [0.1, 0.15) is 5.75 Å². The third kappa shape index (κ3) is 7.05. The van der Waals surface area contributed by atoms with Gasteiger partial charge in [-0.2, -0.15) is 0 Å². The Morgan fingerprint density at radius 1 is 1.23 bits per heavy atom. The number of carbonyl (C=O) groups is 3. The number of carboxylic acids is 2. The molecule has 3 rings (SSSR count). The lowest BCUT2D eigenvalue weighted by molar-refractivity contribution is -0.149. The van der Waals surface area contributed by atoms with Gasteiger partial charge in [-0.05, 0) is 36.8 Å². The molecule has 10 nitrogen and oxygen atoms in total. The summed E-state index contributed by atoms with van der Waals surface area (Å²) in [6.07, 6.45) is 1.19. The number of benzene rings is 1. The number of aliphatic hydroxyl groups is 1. The minimum atomic E-state index is -1.08. The van der Waals surface area contributed by atoms with Crippen LogP contribution in [-0.2, 0) is 20.9 Å². The van der Waals surface area contributed by atoms with Crippen LogP contribution in [0, 0.1) is 5.92 Å². The first-order valence-corrected chi connectivity index (χ1v) is 9.45. The fourth-order valence-corrected chi connectivity index (χ4v) is 3.31. The number of carboxylic acid groups (broad SMARTS) is 3. The number of hydrogen-bond acceptors (Lipinski definition) is 7. The van der Waals surface area contributed by atoms with E-state index in [1.807, 2.05) is 35.2 Å². The lowest BCUT2D eigenvalue weighted by atomic mass is 9.94. The molecular formula is C21H24N2O8. The van der Waals surface area contributed by atoms with Crippen LogP contribution in [-0.4, -0.2) is 74.5 Å². The molecule has 1 aliphatic rings. The van der Waals surface area contributed by atoms with Gasteiger partial charge in [0.05, 0.1) is 17.7 Å². The van der Waals surface area contributed by atoms with Gasteiger partial charge in [0.2, 0.25) is 0 Å². The summed E-state index contributed by atoms with van der Waals surface area (Å²) in [5.41, 5.74) is 2.36. The van der Waals surface area contributed by atoms with Crippen LogP contribution in [0.5, 0.6) is 5.75 Å². The molecule has 10 heteroatoms. The maximum atomic E-state index is 11.4. The van der Waals surface area contributed by atoms with E-state index in [0.29, 0.717) is 25.3 Å². The molecule has 4 N–H and O–H groups in total. The quantitative estimate of drug-likeness (QED) is 0.468. The first kappa shape index (κ1) is 23.8. The summed E-state index contributed by atoms with van der Waals surface area (Å²) >= 11 is 0. The largest absolute Gasteiger partial charge is 0.483 e. The number of aliphatic carboxylic acids is 2. The van der Waals surface area contributed by atoms with Crippen molar-refractivity contribution in [2.75, 3.05) is 19.7 Å². The molecule has 0 spiro atoms. The minimum absolute atomic E-state index is 0.211. The summed E-state index contributed by atoms with van der Waals surface area (Å²) in [7, 11) is 0. The highest BCUT2D eigenvalue weighted by Gasteiger charge is 2.33. The van der Waals surface area contributed by atoms with Crippen LogP contribution in [0.2, 0.25) is 0 Å². The van der Waals surface area contributed by atoms with Gasteiger partial charge in [-0.25, -0.2) is 4.79 Å². The van der Waals surface area contributed by atoms with E-state index < -0.39 is 30.6 Å². The predicted octanol–water partition coefficient (Wildman–Crippen LogP) is 1.18. The molecule has 1 aliphatic heterocycles. The van der Waals surface area contributed by atoms with Crippen molar-refractivity contribution in [2.45, 2.75) is 19.1 Å². The van der Waals surface area contributed by atoms with E-state index in [1.165, 1.54) is 0 Å². The van der Waals surface area contributed by atoms with Crippen LogP contribution in [0.3, 0.4) is 0 Å². The number of likely N-dealkylation sites (tertiary alicyclic amines) is 1. The standard InChI is InChI=1S/C20H22N2O6.CH2O2/c23-17-6-8-22(11-15(17)20(26)27)10-14-9-13(16-3-1-2-7-21-16)4-5-18(14)28-12-19(24)25;2-1-3/h1-5,7,9,15,17,23H,6,8,10-12H2,(H,24,25)(H,26,27);1H,(H,2,3)/t15-,17+;/m1./s1. The maximum Gasteiger partial charge on any atom is 0.341 e. The zero-order chi connectivity index (χ0) is 22.8. The number of ether oxygens (including phenoxy) is 1. The van der Waals surface area contributed by atoms with E-state index in [-0.39, 0.29) is 13.0 Å². The number of rotatable bonds is 7. The van der Waals surface area contributed by atoms with Crippen molar-refractivity contribution in [3.8, 4) is 17.0 Å². The van der Waals surface area contributed by atoms with Crippen LogP contribution in [0.1, 0.15) is 12.0 Å². The summed E-state index contributed by atoms with van der Waals surface area (Å²) < 4.78 is 5.41. The Morgan fingerprint density at radius 3 is 2.58 bits per heavy atom. The predicted molar refractivity (Wildman–Crippen MR) is 109 cm³/mol. The van der Waals surface area contributed by atoms with Crippen molar-refractivity contribution in [1.29, 1.82) is 0 Å². The molecule has 166 valence electrons. The first-order valence-electron chi connectivity index (χ1n) is 9.45. The summed E-state index contributed by atoms with van der Waals surface area (Å²) in [5.74, 6) is -2.52. The van der Waals surface area contributed by atoms with Crippen LogP contribution in [0.15, 0.2) is 42.6 Å². The van der Waals surface area contributed by atoms with Crippen LogP contribution in [0.4, 0.5) is 0 Å². The SMILES string of the molecule is O=C(O)COc1ccc(-c2ccccn2)cc1CN1CC[C@H](O)[C@H](C(=O)O)C1.O=CO. The minimum Gasteiger partial charge on any atom is -0.483 e. The Bertz CT molecular complexity index is 890. The Labute approximate surface area is 178 Å². The number of aromatic nitrogens is 1. The molecule has 1 aromatic heterocycles. The lowest BCUT2D eigenvalue weighted by Gasteiger charge is -2.34. The monoisotopic (exact) mass is 432 g/mol. The van der Waals surface area contributed by atoms with E-state index in [9.17, 15) is 19.8 Å². The van der Waals surface area contributed by atoms with Crippen molar-refractivity contribution in [1.82, 2.24) is 9.88 Å². The summed E-state index contributed by atoms with van der Waals surface area (Å²) in [4.78, 5) is 36.9. The van der Waals surface area contributed by atoms with Crippen LogP contribution in [0.25, 0.3) is 11.3 Å². The number of hydrogen-bond donors (Lipinski definition) is 4. The van der Waals surface area contributed by atoms with Gasteiger partial charge in [-0.1, -0.05) is 6.07 Å². The third-order valence-electron chi connectivity index (χ3n) is 4.74. The second-order valence-corrected chi connectivity index (χ2v) is 6.86. The summed E-state index contributed by atoms with van der Waals surface area (Å²) in [5, 5.41) is 35.0. The molecule has 31 heavy (non-hydrogen) atoms. The molecule has 2 atom stereocenters. The van der Waals surface area contributed by atoms with Gasteiger partial charge in [-0.15, -0.1) is 0 Å². The average molecular weight is 432 g/mol. The van der Waals surface area contributed by atoms with Crippen molar-refractivity contribution in [2.24, 2.45) is 5.92 Å². The molecule has 1 aromatic carbocycles. The Morgan fingerprint density at radius 2 is 1.97 bits per heavy atom.